The number of rotatable bonds is 3. The van der Waals surface area contributed by atoms with Crippen molar-refractivity contribution in [3.8, 4) is 5.75 Å². The number of halogens is 2. The number of hydrogen-bond donors (Lipinski definition) is 1. The average Bonchev–Trinajstić information content (AvgIpc) is 2.34. The smallest absolute Gasteiger partial charge is 0.387 e. The molecule has 0 amide bonds. The summed E-state index contributed by atoms with van der Waals surface area (Å²) in [7, 11) is 0. The van der Waals surface area contributed by atoms with Crippen LogP contribution in [0.1, 0.15) is 6.92 Å². The molecular weight excluding hydrogens is 258 g/mol. The molecular formula is C12H14F2N2OS. The topological polar surface area (TPSA) is 33.6 Å². The van der Waals surface area contributed by atoms with Crippen LogP contribution in [-0.2, 0) is 0 Å². The lowest BCUT2D eigenvalue weighted by molar-refractivity contribution is -0.0493. The first kappa shape index (κ1) is 13.1. The third-order valence-corrected chi connectivity index (χ3v) is 3.64. The van der Waals surface area contributed by atoms with E-state index in [1.165, 1.54) is 6.07 Å². The number of para-hydroxylation sites is 2. The molecule has 0 radical (unpaired) electrons. The first-order chi connectivity index (χ1) is 8.65. The Hall–Kier alpha value is -1.30. The molecule has 1 unspecified atom stereocenters. The summed E-state index contributed by atoms with van der Waals surface area (Å²) < 4.78 is 28.9. The van der Waals surface area contributed by atoms with Gasteiger partial charge in [0.1, 0.15) is 5.75 Å². The number of amidine groups is 1. The molecule has 2 rings (SSSR count). The molecule has 6 heteroatoms. The van der Waals surface area contributed by atoms with Gasteiger partial charge in [-0.05, 0) is 18.1 Å². The Kier molecular flexibility index (Phi) is 4.41. The van der Waals surface area contributed by atoms with E-state index < -0.39 is 6.61 Å². The van der Waals surface area contributed by atoms with Gasteiger partial charge in [0.2, 0.25) is 0 Å². The molecule has 0 saturated carbocycles. The molecule has 1 N–H and O–H groups in total. The van der Waals surface area contributed by atoms with Gasteiger partial charge in [-0.25, -0.2) is 0 Å². The van der Waals surface area contributed by atoms with E-state index in [2.05, 4.69) is 22.0 Å². The standard InChI is InChI=1S/C12H14F2N2OS/c1-8-6-15-12(18-7-8)16-9-4-2-3-5-10(9)17-11(13)14/h2-5,8,11H,6-7H2,1H3,(H,15,16). The minimum Gasteiger partial charge on any atom is -0.433 e. The van der Waals surface area contributed by atoms with Crippen LogP contribution in [0.3, 0.4) is 0 Å². The van der Waals surface area contributed by atoms with Crippen molar-refractivity contribution in [2.75, 3.05) is 17.6 Å². The number of hydrogen-bond acceptors (Lipinski definition) is 4. The van der Waals surface area contributed by atoms with Gasteiger partial charge in [0.25, 0.3) is 0 Å². The Bertz CT molecular complexity index is 440. The fourth-order valence-corrected chi connectivity index (χ4v) is 2.41. The van der Waals surface area contributed by atoms with E-state index >= 15 is 0 Å². The van der Waals surface area contributed by atoms with Crippen LogP contribution in [0.2, 0.25) is 0 Å². The SMILES string of the molecule is CC1CN=C(Nc2ccccc2OC(F)F)SC1. The van der Waals surface area contributed by atoms with Crippen molar-refractivity contribution in [2.24, 2.45) is 10.9 Å². The molecule has 0 spiro atoms. The largest absolute Gasteiger partial charge is 0.433 e. The fraction of sp³-hybridized carbons (Fsp3) is 0.417. The van der Waals surface area contributed by atoms with Crippen molar-refractivity contribution in [1.82, 2.24) is 0 Å². The van der Waals surface area contributed by atoms with Crippen molar-refractivity contribution in [2.45, 2.75) is 13.5 Å². The summed E-state index contributed by atoms with van der Waals surface area (Å²) in [5, 5.41) is 3.78. The van der Waals surface area contributed by atoms with Crippen LogP contribution in [-0.4, -0.2) is 24.1 Å². The predicted molar refractivity (Wildman–Crippen MR) is 70.6 cm³/mol. The van der Waals surface area contributed by atoms with Gasteiger partial charge in [0.05, 0.1) is 5.69 Å². The van der Waals surface area contributed by atoms with Crippen molar-refractivity contribution in [3.05, 3.63) is 24.3 Å². The highest BCUT2D eigenvalue weighted by Gasteiger charge is 2.14. The highest BCUT2D eigenvalue weighted by atomic mass is 32.2. The second-order valence-electron chi connectivity index (χ2n) is 4.06. The van der Waals surface area contributed by atoms with Crippen molar-refractivity contribution in [1.29, 1.82) is 0 Å². The number of anilines is 1. The molecule has 0 fully saturated rings. The number of ether oxygens (including phenoxy) is 1. The summed E-state index contributed by atoms with van der Waals surface area (Å²) in [5.41, 5.74) is 0.513. The third-order valence-electron chi connectivity index (χ3n) is 2.40. The molecule has 1 aliphatic rings. The van der Waals surface area contributed by atoms with Gasteiger partial charge in [-0.3, -0.25) is 4.99 Å². The van der Waals surface area contributed by atoms with Gasteiger partial charge < -0.3 is 10.1 Å². The zero-order valence-electron chi connectivity index (χ0n) is 9.90. The second-order valence-corrected chi connectivity index (χ2v) is 5.07. The van der Waals surface area contributed by atoms with Crippen LogP contribution in [0.25, 0.3) is 0 Å². The number of thioether (sulfide) groups is 1. The highest BCUT2D eigenvalue weighted by Crippen LogP contribution is 2.27. The molecule has 1 aromatic carbocycles. The summed E-state index contributed by atoms with van der Waals surface area (Å²) in [5.74, 6) is 1.66. The second kappa shape index (κ2) is 6.04. The van der Waals surface area contributed by atoms with Crippen molar-refractivity contribution in [3.63, 3.8) is 0 Å². The maximum Gasteiger partial charge on any atom is 0.387 e. The quantitative estimate of drug-likeness (QED) is 0.915. The summed E-state index contributed by atoms with van der Waals surface area (Å²) in [6, 6.07) is 6.61. The third kappa shape index (κ3) is 3.60. The summed E-state index contributed by atoms with van der Waals surface area (Å²) in [6.07, 6.45) is 0. The van der Waals surface area contributed by atoms with Gasteiger partial charge in [-0.1, -0.05) is 30.8 Å². The Morgan fingerprint density at radius 3 is 2.89 bits per heavy atom. The van der Waals surface area contributed by atoms with Crippen LogP contribution < -0.4 is 10.1 Å². The minimum atomic E-state index is -2.83. The number of nitrogens with one attached hydrogen (secondary N) is 1. The Morgan fingerprint density at radius 2 is 2.22 bits per heavy atom. The molecule has 3 nitrogen and oxygen atoms in total. The van der Waals surface area contributed by atoms with E-state index in [4.69, 9.17) is 0 Å². The zero-order chi connectivity index (χ0) is 13.0. The molecule has 0 aromatic heterocycles. The summed E-state index contributed by atoms with van der Waals surface area (Å²) >= 11 is 1.59. The van der Waals surface area contributed by atoms with Crippen LogP contribution in [0, 0.1) is 5.92 Å². The maximum atomic E-state index is 12.2. The number of benzene rings is 1. The molecule has 0 bridgehead atoms. The molecule has 0 saturated heterocycles. The van der Waals surface area contributed by atoms with Gasteiger partial charge >= 0.3 is 6.61 Å². The zero-order valence-corrected chi connectivity index (χ0v) is 10.7. The molecule has 98 valence electrons. The molecule has 18 heavy (non-hydrogen) atoms. The van der Waals surface area contributed by atoms with E-state index in [0.717, 1.165) is 17.5 Å². The maximum absolute atomic E-state index is 12.2. The lowest BCUT2D eigenvalue weighted by Gasteiger charge is -2.19. The normalized spacial score (nSPS) is 19.6. The van der Waals surface area contributed by atoms with Crippen molar-refractivity contribution >= 4 is 22.6 Å². The molecule has 0 aliphatic carbocycles. The predicted octanol–water partition coefficient (Wildman–Crippen LogP) is 3.44. The fourth-order valence-electron chi connectivity index (χ4n) is 1.52. The monoisotopic (exact) mass is 272 g/mol. The van der Waals surface area contributed by atoms with Crippen LogP contribution in [0.4, 0.5) is 14.5 Å². The molecule has 1 aromatic rings. The van der Waals surface area contributed by atoms with Gasteiger partial charge in [0.15, 0.2) is 5.17 Å². The number of nitrogens with zero attached hydrogens (tertiary/aromatic N) is 1. The summed E-state index contributed by atoms with van der Waals surface area (Å²) in [6.45, 7) is 0.0582. The van der Waals surface area contributed by atoms with E-state index in [-0.39, 0.29) is 5.75 Å². The lowest BCUT2D eigenvalue weighted by Crippen LogP contribution is -2.19. The first-order valence-electron chi connectivity index (χ1n) is 5.63. The van der Waals surface area contributed by atoms with Crippen LogP contribution in [0.5, 0.6) is 5.75 Å². The van der Waals surface area contributed by atoms with Crippen LogP contribution >= 0.6 is 11.8 Å². The number of aliphatic imine (C=N–C) groups is 1. The average molecular weight is 272 g/mol. The van der Waals surface area contributed by atoms with Gasteiger partial charge in [0, 0.05) is 12.3 Å². The number of alkyl halides is 2. The van der Waals surface area contributed by atoms with E-state index in [0.29, 0.717) is 11.6 Å². The van der Waals surface area contributed by atoms with E-state index in [9.17, 15) is 8.78 Å². The highest BCUT2D eigenvalue weighted by molar-refractivity contribution is 8.14. The molecule has 1 aliphatic heterocycles. The molecule has 1 heterocycles. The van der Waals surface area contributed by atoms with E-state index in [1.807, 2.05) is 0 Å². The molecule has 1 atom stereocenters. The lowest BCUT2D eigenvalue weighted by atomic mass is 10.2. The van der Waals surface area contributed by atoms with E-state index in [1.54, 1.807) is 30.0 Å². The Labute approximate surface area is 109 Å². The first-order valence-corrected chi connectivity index (χ1v) is 6.62. The van der Waals surface area contributed by atoms with Gasteiger partial charge in [-0.2, -0.15) is 8.78 Å². The van der Waals surface area contributed by atoms with Gasteiger partial charge in [-0.15, -0.1) is 0 Å². The minimum absolute atomic E-state index is 0.134. The summed E-state index contributed by atoms with van der Waals surface area (Å²) in [4.78, 5) is 4.35. The Balaban J connectivity index is 2.09. The Morgan fingerprint density at radius 1 is 1.44 bits per heavy atom. The van der Waals surface area contributed by atoms with Crippen molar-refractivity contribution < 1.29 is 13.5 Å². The van der Waals surface area contributed by atoms with Crippen LogP contribution in [0.15, 0.2) is 29.3 Å².